The van der Waals surface area contributed by atoms with Gasteiger partial charge in [0.15, 0.2) is 0 Å². The highest BCUT2D eigenvalue weighted by atomic mass is 32.1. The number of rotatable bonds is 4. The first-order valence-electron chi connectivity index (χ1n) is 12.9. The zero-order valence-corrected chi connectivity index (χ0v) is 23.2. The predicted molar refractivity (Wildman–Crippen MR) is 152 cm³/mol. The van der Waals surface area contributed by atoms with E-state index in [2.05, 4.69) is 20.3 Å². The summed E-state index contributed by atoms with van der Waals surface area (Å²) in [5, 5.41) is 4.53. The molecule has 0 unspecified atom stereocenters. The molecule has 1 aliphatic rings. The standard InChI is InChI=1S/C29H30N6O3S/c1-18-15-19(5-6-22(18)37-20-7-11-34-14-10-30-24(34)16-20)33-26-25-21-8-12-35(28(36)38-29(2,3)4)13-9-23(21)39-27(25)32-17-31-26/h5-7,10-11,14-17H,8-9,12-13H2,1-4H3,(H,31,32,33). The summed E-state index contributed by atoms with van der Waals surface area (Å²) in [6.45, 7) is 8.91. The number of benzene rings is 1. The summed E-state index contributed by atoms with van der Waals surface area (Å²) in [4.78, 5) is 30.2. The summed E-state index contributed by atoms with van der Waals surface area (Å²) >= 11 is 1.68. The number of aromatic nitrogens is 4. The fourth-order valence-electron chi connectivity index (χ4n) is 4.76. The Balaban J connectivity index is 1.22. The molecular formula is C29H30N6O3S. The van der Waals surface area contributed by atoms with Crippen molar-refractivity contribution in [2.45, 2.75) is 46.1 Å². The van der Waals surface area contributed by atoms with Crippen LogP contribution in [0.4, 0.5) is 16.3 Å². The Kier molecular flexibility index (Phi) is 6.34. The van der Waals surface area contributed by atoms with Crippen LogP contribution in [-0.4, -0.2) is 49.0 Å². The second-order valence-corrected chi connectivity index (χ2v) is 11.7. The Bertz CT molecular complexity index is 1690. The molecule has 6 rings (SSSR count). The highest BCUT2D eigenvalue weighted by Crippen LogP contribution is 2.37. The normalized spacial score (nSPS) is 13.8. The number of hydrogen-bond acceptors (Lipinski definition) is 8. The summed E-state index contributed by atoms with van der Waals surface area (Å²) in [6.07, 6.45) is 8.42. The Morgan fingerprint density at radius 1 is 1.05 bits per heavy atom. The van der Waals surface area contributed by atoms with E-state index in [0.717, 1.165) is 57.3 Å². The molecule has 5 aromatic rings. The van der Waals surface area contributed by atoms with Crippen LogP contribution in [0.25, 0.3) is 15.9 Å². The Morgan fingerprint density at radius 3 is 2.72 bits per heavy atom. The van der Waals surface area contributed by atoms with Gasteiger partial charge in [-0.3, -0.25) is 0 Å². The van der Waals surface area contributed by atoms with Gasteiger partial charge in [0.25, 0.3) is 0 Å². The number of imidazole rings is 1. The lowest BCUT2D eigenvalue weighted by Crippen LogP contribution is -2.38. The fourth-order valence-corrected chi connectivity index (χ4v) is 5.94. The lowest BCUT2D eigenvalue weighted by molar-refractivity contribution is 0.0259. The molecule has 0 radical (unpaired) electrons. The molecule has 1 aromatic carbocycles. The van der Waals surface area contributed by atoms with Crippen LogP contribution < -0.4 is 10.1 Å². The van der Waals surface area contributed by atoms with Gasteiger partial charge in [-0.1, -0.05) is 0 Å². The molecule has 1 N–H and O–H groups in total. The zero-order chi connectivity index (χ0) is 27.1. The first kappa shape index (κ1) is 25.1. The number of nitrogens with zero attached hydrogens (tertiary/aromatic N) is 5. The number of pyridine rings is 1. The number of amides is 1. The smallest absolute Gasteiger partial charge is 0.410 e. The Labute approximate surface area is 230 Å². The van der Waals surface area contributed by atoms with Gasteiger partial charge >= 0.3 is 6.09 Å². The SMILES string of the molecule is Cc1cc(Nc2ncnc3sc4c(c23)CCN(C(=O)OC(C)(C)C)CC4)ccc1Oc1ccn2ccnc2c1. The molecule has 0 spiro atoms. The third-order valence-electron chi connectivity index (χ3n) is 6.60. The van der Waals surface area contributed by atoms with Crippen LogP contribution in [0.1, 0.15) is 36.8 Å². The molecule has 0 atom stereocenters. The molecule has 5 heterocycles. The maximum absolute atomic E-state index is 12.7. The topological polar surface area (TPSA) is 93.9 Å². The van der Waals surface area contributed by atoms with Gasteiger partial charge in [-0.2, -0.15) is 0 Å². The number of fused-ring (bicyclic) bond motifs is 4. The second-order valence-electron chi connectivity index (χ2n) is 10.6. The van der Waals surface area contributed by atoms with E-state index < -0.39 is 5.60 Å². The molecule has 0 saturated heterocycles. The van der Waals surface area contributed by atoms with Crippen molar-refractivity contribution in [3.63, 3.8) is 0 Å². The molecule has 10 heteroatoms. The van der Waals surface area contributed by atoms with Crippen molar-refractivity contribution in [2.75, 3.05) is 18.4 Å². The molecule has 1 amide bonds. The summed E-state index contributed by atoms with van der Waals surface area (Å²) in [6, 6.07) is 9.82. The van der Waals surface area contributed by atoms with E-state index in [9.17, 15) is 4.79 Å². The average molecular weight is 543 g/mol. The number of anilines is 2. The molecule has 39 heavy (non-hydrogen) atoms. The Morgan fingerprint density at radius 2 is 1.90 bits per heavy atom. The Hall–Kier alpha value is -4.18. The average Bonchev–Trinajstić information content (AvgIpc) is 3.43. The summed E-state index contributed by atoms with van der Waals surface area (Å²) in [5.74, 6) is 2.27. The van der Waals surface area contributed by atoms with E-state index >= 15 is 0 Å². The summed E-state index contributed by atoms with van der Waals surface area (Å²) < 4.78 is 13.7. The quantitative estimate of drug-likeness (QED) is 0.276. The van der Waals surface area contributed by atoms with Gasteiger partial charge in [-0.25, -0.2) is 19.7 Å². The van der Waals surface area contributed by atoms with Crippen molar-refractivity contribution >= 4 is 44.8 Å². The first-order chi connectivity index (χ1) is 18.7. The van der Waals surface area contributed by atoms with E-state index in [4.69, 9.17) is 9.47 Å². The minimum atomic E-state index is -0.516. The number of aryl methyl sites for hydroxylation is 1. The van der Waals surface area contributed by atoms with Crippen LogP contribution in [0.2, 0.25) is 0 Å². The van der Waals surface area contributed by atoms with Crippen LogP contribution in [0.15, 0.2) is 55.2 Å². The van der Waals surface area contributed by atoms with Crippen LogP contribution in [0.5, 0.6) is 11.5 Å². The molecule has 4 aromatic heterocycles. The van der Waals surface area contributed by atoms with E-state index in [1.54, 1.807) is 28.8 Å². The van der Waals surface area contributed by atoms with Gasteiger partial charge in [0.2, 0.25) is 0 Å². The zero-order valence-electron chi connectivity index (χ0n) is 22.4. The van der Waals surface area contributed by atoms with E-state index in [0.29, 0.717) is 13.1 Å². The number of nitrogens with one attached hydrogen (secondary N) is 1. The van der Waals surface area contributed by atoms with Crippen molar-refractivity contribution in [1.29, 1.82) is 0 Å². The first-order valence-corrected chi connectivity index (χ1v) is 13.8. The molecule has 200 valence electrons. The van der Waals surface area contributed by atoms with Crippen LogP contribution in [0.3, 0.4) is 0 Å². The number of carbonyl (C=O) groups is 1. The largest absolute Gasteiger partial charge is 0.457 e. The third-order valence-corrected chi connectivity index (χ3v) is 7.80. The van der Waals surface area contributed by atoms with E-state index in [1.165, 1.54) is 10.4 Å². The lowest BCUT2D eigenvalue weighted by atomic mass is 10.1. The van der Waals surface area contributed by atoms with Crippen LogP contribution >= 0.6 is 11.3 Å². The van der Waals surface area contributed by atoms with Crippen LogP contribution in [0, 0.1) is 6.92 Å². The second kappa shape index (κ2) is 9.85. The minimum Gasteiger partial charge on any atom is -0.457 e. The summed E-state index contributed by atoms with van der Waals surface area (Å²) in [5.41, 5.74) is 3.42. The van der Waals surface area contributed by atoms with Gasteiger partial charge in [0.05, 0.1) is 5.39 Å². The predicted octanol–water partition coefficient (Wildman–Crippen LogP) is 6.52. The van der Waals surface area contributed by atoms with Crippen molar-refractivity contribution < 1.29 is 14.3 Å². The third kappa shape index (κ3) is 5.24. The monoisotopic (exact) mass is 542 g/mol. The molecule has 0 aliphatic carbocycles. The number of ether oxygens (including phenoxy) is 2. The molecule has 9 nitrogen and oxygen atoms in total. The lowest BCUT2D eigenvalue weighted by Gasteiger charge is -2.26. The fraction of sp³-hybridized carbons (Fsp3) is 0.310. The number of hydrogen-bond donors (Lipinski definition) is 1. The van der Waals surface area contributed by atoms with Gasteiger partial charge in [-0.15, -0.1) is 11.3 Å². The molecule has 0 fully saturated rings. The van der Waals surface area contributed by atoms with Crippen molar-refractivity contribution in [3.8, 4) is 11.5 Å². The van der Waals surface area contributed by atoms with Gasteiger partial charge in [0, 0.05) is 48.3 Å². The molecule has 0 bridgehead atoms. The summed E-state index contributed by atoms with van der Waals surface area (Å²) in [7, 11) is 0. The molecular weight excluding hydrogens is 512 g/mol. The highest BCUT2D eigenvalue weighted by molar-refractivity contribution is 7.19. The maximum atomic E-state index is 12.7. The van der Waals surface area contributed by atoms with Crippen molar-refractivity contribution in [3.05, 3.63) is 71.3 Å². The minimum absolute atomic E-state index is 0.265. The van der Waals surface area contributed by atoms with Crippen LogP contribution in [-0.2, 0) is 17.6 Å². The van der Waals surface area contributed by atoms with Gasteiger partial charge in [0.1, 0.15) is 39.7 Å². The van der Waals surface area contributed by atoms with Gasteiger partial charge in [-0.05, 0) is 75.9 Å². The number of thiophene rings is 1. The van der Waals surface area contributed by atoms with E-state index in [-0.39, 0.29) is 6.09 Å². The highest BCUT2D eigenvalue weighted by Gasteiger charge is 2.27. The van der Waals surface area contributed by atoms with E-state index in [1.807, 2.05) is 74.8 Å². The van der Waals surface area contributed by atoms with Crippen molar-refractivity contribution in [2.24, 2.45) is 0 Å². The number of carbonyl (C=O) groups excluding carboxylic acids is 1. The van der Waals surface area contributed by atoms with Gasteiger partial charge < -0.3 is 24.1 Å². The van der Waals surface area contributed by atoms with Crippen molar-refractivity contribution in [1.82, 2.24) is 24.3 Å². The molecule has 0 saturated carbocycles. The molecule has 1 aliphatic heterocycles. The maximum Gasteiger partial charge on any atom is 0.410 e.